The molecule has 0 radical (unpaired) electrons. The summed E-state index contributed by atoms with van der Waals surface area (Å²) in [4.78, 5) is 11.8. The van der Waals surface area contributed by atoms with E-state index in [1.54, 1.807) is 18.0 Å². The zero-order chi connectivity index (χ0) is 16.1. The van der Waals surface area contributed by atoms with Crippen LogP contribution in [0.3, 0.4) is 0 Å². The lowest BCUT2D eigenvalue weighted by Gasteiger charge is -2.04. The van der Waals surface area contributed by atoms with Gasteiger partial charge >= 0.3 is 0 Å². The molecule has 0 fully saturated rings. The van der Waals surface area contributed by atoms with Crippen LogP contribution < -0.4 is 10.2 Å². The lowest BCUT2D eigenvalue weighted by Crippen LogP contribution is -2.24. The molecule has 1 aromatic heterocycles. The molecular weight excluding hydrogens is 348 g/mol. The number of halogens is 1. The molecule has 0 spiro atoms. The van der Waals surface area contributed by atoms with E-state index in [-0.39, 0.29) is 12.5 Å². The van der Waals surface area contributed by atoms with E-state index in [1.807, 2.05) is 38.1 Å². The highest BCUT2D eigenvalue weighted by atomic mass is 79.9. The summed E-state index contributed by atoms with van der Waals surface area (Å²) in [5, 5.41) is 8.17. The molecule has 0 bridgehead atoms. The molecule has 0 aliphatic heterocycles. The van der Waals surface area contributed by atoms with Crippen LogP contribution in [0.5, 0.6) is 5.75 Å². The summed E-state index contributed by atoms with van der Waals surface area (Å²) in [5.74, 6) is 0.515. The van der Waals surface area contributed by atoms with E-state index >= 15 is 0 Å². The first-order chi connectivity index (χ1) is 10.5. The minimum Gasteiger partial charge on any atom is -0.496 e. The number of carbonyl (C=O) groups excluding carboxylic acids is 1. The number of hydrogen-bond donors (Lipinski definition) is 1. The Bertz CT molecular complexity index is 710. The number of rotatable bonds is 5. The number of hydrogen-bond acceptors (Lipinski definition) is 4. The van der Waals surface area contributed by atoms with Gasteiger partial charge in [-0.15, -0.1) is 0 Å². The highest BCUT2D eigenvalue weighted by Gasteiger charge is 2.06. The van der Waals surface area contributed by atoms with Gasteiger partial charge in [0.15, 0.2) is 0 Å². The molecule has 116 valence electrons. The Kier molecular flexibility index (Phi) is 5.32. The molecule has 1 N–H and O–H groups in total. The smallest absolute Gasteiger partial charge is 0.261 e. The maximum absolute atomic E-state index is 11.8. The molecule has 22 heavy (non-hydrogen) atoms. The third kappa shape index (κ3) is 4.17. The predicted molar refractivity (Wildman–Crippen MR) is 88.1 cm³/mol. The topological polar surface area (TPSA) is 68.5 Å². The number of carbonyl (C=O) groups is 1. The van der Waals surface area contributed by atoms with Gasteiger partial charge in [-0.05, 0) is 59.6 Å². The van der Waals surface area contributed by atoms with Crippen molar-refractivity contribution in [2.75, 3.05) is 7.11 Å². The molecule has 0 unspecified atom stereocenters. The fraction of sp³-hybridized carbons (Fsp3) is 0.267. The van der Waals surface area contributed by atoms with Gasteiger partial charge in [0, 0.05) is 5.69 Å². The fourth-order valence-corrected chi connectivity index (χ4v) is 2.51. The normalized spacial score (nSPS) is 10.9. The molecule has 0 atom stereocenters. The van der Waals surface area contributed by atoms with Crippen LogP contribution in [-0.2, 0) is 11.3 Å². The largest absolute Gasteiger partial charge is 0.496 e. The maximum Gasteiger partial charge on any atom is 0.261 e. The van der Waals surface area contributed by atoms with Crippen LogP contribution in [0.15, 0.2) is 33.8 Å². The van der Waals surface area contributed by atoms with Crippen molar-refractivity contribution in [2.24, 2.45) is 5.10 Å². The molecule has 1 heterocycles. The lowest BCUT2D eigenvalue weighted by molar-refractivity contribution is -0.121. The molecule has 1 aromatic carbocycles. The van der Waals surface area contributed by atoms with E-state index in [4.69, 9.17) is 4.74 Å². The van der Waals surface area contributed by atoms with E-state index in [0.29, 0.717) is 0 Å². The van der Waals surface area contributed by atoms with Crippen molar-refractivity contribution in [1.29, 1.82) is 0 Å². The van der Waals surface area contributed by atoms with Gasteiger partial charge in [0.25, 0.3) is 5.91 Å². The van der Waals surface area contributed by atoms with Crippen molar-refractivity contribution in [1.82, 2.24) is 15.2 Å². The van der Waals surface area contributed by atoms with Crippen molar-refractivity contribution in [3.8, 4) is 5.75 Å². The molecule has 0 saturated carbocycles. The summed E-state index contributed by atoms with van der Waals surface area (Å²) in [7, 11) is 1.60. The zero-order valence-electron chi connectivity index (χ0n) is 12.6. The first-order valence-corrected chi connectivity index (χ1v) is 7.45. The average Bonchev–Trinajstić information content (AvgIpc) is 2.77. The number of benzene rings is 1. The molecule has 2 aromatic rings. The van der Waals surface area contributed by atoms with Gasteiger partial charge in [-0.25, -0.2) is 5.43 Å². The Hall–Kier alpha value is -2.15. The van der Waals surface area contributed by atoms with Crippen LogP contribution in [-0.4, -0.2) is 29.0 Å². The lowest BCUT2D eigenvalue weighted by atomic mass is 10.2. The van der Waals surface area contributed by atoms with Crippen LogP contribution in [0.2, 0.25) is 0 Å². The molecule has 7 heteroatoms. The van der Waals surface area contributed by atoms with Crippen molar-refractivity contribution >= 4 is 28.1 Å². The van der Waals surface area contributed by atoms with Crippen molar-refractivity contribution in [3.05, 3.63) is 45.7 Å². The summed E-state index contributed by atoms with van der Waals surface area (Å²) in [6, 6.07) is 7.45. The van der Waals surface area contributed by atoms with E-state index < -0.39 is 0 Å². The van der Waals surface area contributed by atoms with Gasteiger partial charge in [0.05, 0.1) is 23.5 Å². The third-order valence-corrected chi connectivity index (χ3v) is 3.60. The van der Waals surface area contributed by atoms with Crippen LogP contribution in [0, 0.1) is 13.8 Å². The molecule has 0 aliphatic carbocycles. The second kappa shape index (κ2) is 7.22. The highest BCUT2D eigenvalue weighted by Crippen LogP contribution is 2.24. The Morgan fingerprint density at radius 1 is 1.45 bits per heavy atom. The molecule has 0 saturated heterocycles. The minimum atomic E-state index is -0.227. The van der Waals surface area contributed by atoms with E-state index in [1.165, 1.54) is 0 Å². The minimum absolute atomic E-state index is 0.142. The monoisotopic (exact) mass is 364 g/mol. The second-order valence-corrected chi connectivity index (χ2v) is 5.63. The second-order valence-electron chi connectivity index (χ2n) is 4.77. The number of methoxy groups -OCH3 is 1. The standard InChI is InChI=1S/C15H17BrN4O2/c1-10-6-11(2)20(19-10)9-15(21)18-17-8-12-4-5-14(22-3)13(16)7-12/h4-8H,9H2,1-3H3,(H,18,21)/b17-8+. The van der Waals surface area contributed by atoms with Crippen molar-refractivity contribution < 1.29 is 9.53 Å². The van der Waals surface area contributed by atoms with Crippen LogP contribution in [0.4, 0.5) is 0 Å². The maximum atomic E-state index is 11.8. The zero-order valence-corrected chi connectivity index (χ0v) is 14.2. The Morgan fingerprint density at radius 2 is 2.23 bits per heavy atom. The van der Waals surface area contributed by atoms with Crippen molar-refractivity contribution in [3.63, 3.8) is 0 Å². The number of nitrogens with one attached hydrogen (secondary N) is 1. The van der Waals surface area contributed by atoms with Crippen LogP contribution in [0.1, 0.15) is 17.0 Å². The molecule has 2 rings (SSSR count). The van der Waals surface area contributed by atoms with Crippen molar-refractivity contribution in [2.45, 2.75) is 20.4 Å². The van der Waals surface area contributed by atoms with E-state index in [9.17, 15) is 4.79 Å². The van der Waals surface area contributed by atoms with Crippen LogP contribution in [0.25, 0.3) is 0 Å². The van der Waals surface area contributed by atoms with Gasteiger partial charge in [0.1, 0.15) is 12.3 Å². The van der Waals surface area contributed by atoms with Gasteiger partial charge in [-0.1, -0.05) is 0 Å². The number of aryl methyl sites for hydroxylation is 2. The number of hydrazone groups is 1. The number of aromatic nitrogens is 2. The molecular formula is C15H17BrN4O2. The molecule has 6 nitrogen and oxygen atoms in total. The summed E-state index contributed by atoms with van der Waals surface area (Å²) >= 11 is 3.40. The predicted octanol–water partition coefficient (Wildman–Crippen LogP) is 2.42. The first-order valence-electron chi connectivity index (χ1n) is 6.66. The van der Waals surface area contributed by atoms with Gasteiger partial charge in [0.2, 0.25) is 0 Å². The Balaban J connectivity index is 1.93. The fourth-order valence-electron chi connectivity index (χ4n) is 1.95. The summed E-state index contributed by atoms with van der Waals surface area (Å²) in [6.07, 6.45) is 1.57. The number of nitrogens with zero attached hydrogens (tertiary/aromatic N) is 3. The van der Waals surface area contributed by atoms with Gasteiger partial charge in [-0.3, -0.25) is 9.48 Å². The average molecular weight is 365 g/mol. The third-order valence-electron chi connectivity index (χ3n) is 2.98. The SMILES string of the molecule is COc1ccc(/C=N/NC(=O)Cn2nc(C)cc2C)cc1Br. The summed E-state index contributed by atoms with van der Waals surface area (Å²) in [6.45, 7) is 3.94. The van der Waals surface area contributed by atoms with Crippen LogP contribution >= 0.6 is 15.9 Å². The van der Waals surface area contributed by atoms with Gasteiger partial charge < -0.3 is 4.74 Å². The van der Waals surface area contributed by atoms with Gasteiger partial charge in [-0.2, -0.15) is 10.2 Å². The Morgan fingerprint density at radius 3 is 2.82 bits per heavy atom. The van der Waals surface area contributed by atoms with E-state index in [2.05, 4.69) is 31.6 Å². The summed E-state index contributed by atoms with van der Waals surface area (Å²) in [5.41, 5.74) is 5.16. The van der Waals surface area contributed by atoms with E-state index in [0.717, 1.165) is 27.2 Å². The Labute approximate surface area is 137 Å². The first kappa shape index (κ1) is 16.2. The molecule has 0 aliphatic rings. The number of ether oxygens (including phenoxy) is 1. The molecule has 1 amide bonds. The number of amides is 1. The summed E-state index contributed by atoms with van der Waals surface area (Å²) < 4.78 is 7.62. The highest BCUT2D eigenvalue weighted by molar-refractivity contribution is 9.10. The quantitative estimate of drug-likeness (QED) is 0.654.